The Bertz CT molecular complexity index is 1300. The van der Waals surface area contributed by atoms with E-state index in [9.17, 15) is 9.59 Å². The summed E-state index contributed by atoms with van der Waals surface area (Å²) in [6.45, 7) is 5.12. The fourth-order valence-electron chi connectivity index (χ4n) is 6.81. The van der Waals surface area contributed by atoms with Crippen molar-refractivity contribution in [3.05, 3.63) is 53.1 Å². The van der Waals surface area contributed by atoms with Crippen LogP contribution in [0.5, 0.6) is 5.75 Å². The number of carbonyl (C=O) groups is 2. The minimum absolute atomic E-state index is 0.175. The number of ether oxygens (including phenoxy) is 1. The molecule has 2 aliphatic carbocycles. The number of aryl methyl sites for hydroxylation is 1. The van der Waals surface area contributed by atoms with Gasteiger partial charge in [0.1, 0.15) is 17.1 Å². The van der Waals surface area contributed by atoms with E-state index in [0.29, 0.717) is 18.4 Å². The molecular formula is C31H35N3O3. The van der Waals surface area contributed by atoms with Gasteiger partial charge in [0.15, 0.2) is 0 Å². The lowest BCUT2D eigenvalue weighted by molar-refractivity contribution is -0.131. The number of amides is 2. The maximum atomic E-state index is 13.9. The second-order valence-corrected chi connectivity index (χ2v) is 11.8. The normalized spacial score (nSPS) is 24.1. The highest BCUT2D eigenvalue weighted by Gasteiger charge is 2.51. The molecule has 1 spiro atoms. The molecule has 2 saturated carbocycles. The summed E-state index contributed by atoms with van der Waals surface area (Å²) in [7, 11) is 0. The van der Waals surface area contributed by atoms with Crippen molar-refractivity contribution in [1.82, 2.24) is 9.80 Å². The Morgan fingerprint density at radius 1 is 1.08 bits per heavy atom. The molecule has 7 rings (SSSR count). The molecule has 2 aromatic carbocycles. The van der Waals surface area contributed by atoms with E-state index in [2.05, 4.69) is 43.3 Å². The van der Waals surface area contributed by atoms with Gasteiger partial charge in [-0.1, -0.05) is 37.1 Å². The fourth-order valence-corrected chi connectivity index (χ4v) is 6.81. The van der Waals surface area contributed by atoms with Crippen LogP contribution in [0.1, 0.15) is 61.6 Å². The van der Waals surface area contributed by atoms with Crippen molar-refractivity contribution in [2.45, 2.75) is 63.8 Å². The van der Waals surface area contributed by atoms with E-state index in [1.165, 1.54) is 16.7 Å². The van der Waals surface area contributed by atoms with Gasteiger partial charge >= 0.3 is 0 Å². The number of hydrogen-bond donors (Lipinski definition) is 0. The summed E-state index contributed by atoms with van der Waals surface area (Å²) < 4.78 is 5.68. The number of carbonyl (C=O) groups excluding carboxylic acids is 2. The Kier molecular flexibility index (Phi) is 5.42. The first-order valence-electron chi connectivity index (χ1n) is 14.1. The van der Waals surface area contributed by atoms with Gasteiger partial charge in [0, 0.05) is 37.5 Å². The zero-order valence-electron chi connectivity index (χ0n) is 21.7. The van der Waals surface area contributed by atoms with E-state index >= 15 is 0 Å². The Hall–Kier alpha value is -3.15. The zero-order valence-corrected chi connectivity index (χ0v) is 21.7. The smallest absolute Gasteiger partial charge is 0.256 e. The highest BCUT2D eigenvalue weighted by Crippen LogP contribution is 2.41. The van der Waals surface area contributed by atoms with Crippen LogP contribution in [0.2, 0.25) is 0 Å². The van der Waals surface area contributed by atoms with E-state index in [1.54, 1.807) is 0 Å². The third kappa shape index (κ3) is 3.96. The number of benzene rings is 2. The highest BCUT2D eigenvalue weighted by molar-refractivity contribution is 6.16. The average molecular weight is 498 g/mol. The van der Waals surface area contributed by atoms with E-state index in [4.69, 9.17) is 9.73 Å². The molecule has 37 heavy (non-hydrogen) atoms. The molecule has 0 unspecified atom stereocenters. The predicted octanol–water partition coefficient (Wildman–Crippen LogP) is 4.76. The third-order valence-electron chi connectivity index (χ3n) is 9.10. The fraction of sp³-hybridized carbons (Fsp3) is 0.516. The summed E-state index contributed by atoms with van der Waals surface area (Å²) in [6.07, 6.45) is 7.81. The first kappa shape index (κ1) is 23.0. The number of fused-ring (bicyclic) bond motifs is 1. The molecule has 2 amide bonds. The number of aliphatic imine (C=N–C) groups is 1. The molecule has 6 nitrogen and oxygen atoms in total. The van der Waals surface area contributed by atoms with Gasteiger partial charge in [0.2, 0.25) is 5.91 Å². The van der Waals surface area contributed by atoms with Gasteiger partial charge in [0.05, 0.1) is 6.61 Å². The molecule has 1 atom stereocenters. The van der Waals surface area contributed by atoms with Gasteiger partial charge in [-0.3, -0.25) is 19.5 Å². The van der Waals surface area contributed by atoms with E-state index < -0.39 is 5.54 Å². The average Bonchev–Trinajstić information content (AvgIpc) is 3.25. The number of likely N-dealkylation sites (tertiary alicyclic amines) is 1. The van der Waals surface area contributed by atoms with Crippen molar-refractivity contribution in [3.63, 3.8) is 0 Å². The predicted molar refractivity (Wildman–Crippen MR) is 143 cm³/mol. The molecular weight excluding hydrogens is 462 g/mol. The highest BCUT2D eigenvalue weighted by atomic mass is 16.5. The molecule has 192 valence electrons. The van der Waals surface area contributed by atoms with Gasteiger partial charge in [-0.15, -0.1) is 0 Å². The van der Waals surface area contributed by atoms with E-state index in [0.717, 1.165) is 93.8 Å². The molecule has 0 N–H and O–H groups in total. The molecule has 0 radical (unpaired) electrons. The van der Waals surface area contributed by atoms with E-state index in [1.807, 2.05) is 9.80 Å². The topological polar surface area (TPSA) is 62.2 Å². The molecule has 3 aliphatic heterocycles. The van der Waals surface area contributed by atoms with Crippen LogP contribution in [0, 0.1) is 18.8 Å². The van der Waals surface area contributed by atoms with Gasteiger partial charge in [0.25, 0.3) is 5.91 Å². The van der Waals surface area contributed by atoms with Crippen LogP contribution in [-0.4, -0.2) is 59.2 Å². The second-order valence-electron chi connectivity index (χ2n) is 11.8. The summed E-state index contributed by atoms with van der Waals surface area (Å²) in [5, 5.41) is 0. The molecule has 1 saturated heterocycles. The van der Waals surface area contributed by atoms with Crippen LogP contribution in [0.4, 0.5) is 0 Å². The van der Waals surface area contributed by atoms with Crippen molar-refractivity contribution in [2.24, 2.45) is 16.8 Å². The van der Waals surface area contributed by atoms with Gasteiger partial charge in [-0.2, -0.15) is 0 Å². The minimum atomic E-state index is -0.581. The molecule has 3 fully saturated rings. The Morgan fingerprint density at radius 3 is 2.65 bits per heavy atom. The SMILES string of the molecule is Cc1cc(-c2ccc3c(c2)CCO3)ccc1C1=NC2(CCCC2)C(=O)N1C[C@@H]1CCN(C(=O)C2CC2)C1. The summed E-state index contributed by atoms with van der Waals surface area (Å²) in [5.74, 6) is 2.89. The standard InChI is InChI=1S/C31H35N3O3/c1-20-16-23(24-7-9-27-25(17-24)11-15-37-27)6-8-26(20)28-32-31(12-2-3-13-31)30(36)34(28)19-21-10-14-33(18-21)29(35)22-4-5-22/h6-9,16-17,21-22H,2-5,10-15,18-19H2,1H3/t21-/m1/s1. The quantitative estimate of drug-likeness (QED) is 0.599. The lowest BCUT2D eigenvalue weighted by Crippen LogP contribution is -2.44. The third-order valence-corrected chi connectivity index (χ3v) is 9.10. The van der Waals surface area contributed by atoms with Crippen molar-refractivity contribution in [2.75, 3.05) is 26.2 Å². The molecule has 3 heterocycles. The Morgan fingerprint density at radius 2 is 1.86 bits per heavy atom. The molecule has 2 aromatic rings. The first-order chi connectivity index (χ1) is 18.0. The minimum Gasteiger partial charge on any atom is -0.493 e. The van der Waals surface area contributed by atoms with Gasteiger partial charge in [-0.25, -0.2) is 0 Å². The van der Waals surface area contributed by atoms with Crippen molar-refractivity contribution in [1.29, 1.82) is 0 Å². The van der Waals surface area contributed by atoms with Crippen molar-refractivity contribution in [3.8, 4) is 16.9 Å². The second kappa shape index (κ2) is 8.71. The Balaban J connectivity index is 1.17. The number of rotatable bonds is 5. The van der Waals surface area contributed by atoms with Crippen LogP contribution in [0.3, 0.4) is 0 Å². The number of nitrogens with zero attached hydrogens (tertiary/aromatic N) is 3. The van der Waals surface area contributed by atoms with Gasteiger partial charge < -0.3 is 9.64 Å². The molecule has 5 aliphatic rings. The zero-order chi connectivity index (χ0) is 25.1. The summed E-state index contributed by atoms with van der Waals surface area (Å²) in [6, 6.07) is 13.0. The van der Waals surface area contributed by atoms with Gasteiger partial charge in [-0.05, 0) is 79.3 Å². The summed E-state index contributed by atoms with van der Waals surface area (Å²) >= 11 is 0. The molecule has 0 bridgehead atoms. The largest absolute Gasteiger partial charge is 0.493 e. The first-order valence-corrected chi connectivity index (χ1v) is 14.1. The maximum absolute atomic E-state index is 13.9. The van der Waals surface area contributed by atoms with Crippen molar-refractivity contribution < 1.29 is 14.3 Å². The molecule has 0 aromatic heterocycles. The Labute approximate surface area is 218 Å². The lowest BCUT2D eigenvalue weighted by Gasteiger charge is -2.26. The number of amidine groups is 1. The number of hydrogen-bond acceptors (Lipinski definition) is 4. The van der Waals surface area contributed by atoms with Crippen LogP contribution in [0.25, 0.3) is 11.1 Å². The van der Waals surface area contributed by atoms with Crippen molar-refractivity contribution >= 4 is 17.6 Å². The summed E-state index contributed by atoms with van der Waals surface area (Å²) in [5.41, 5.74) is 5.24. The van der Waals surface area contributed by atoms with E-state index in [-0.39, 0.29) is 11.8 Å². The van der Waals surface area contributed by atoms with Crippen LogP contribution in [-0.2, 0) is 16.0 Å². The van der Waals surface area contributed by atoms with Crippen LogP contribution in [0.15, 0.2) is 41.4 Å². The molecule has 6 heteroatoms. The lowest BCUT2D eigenvalue weighted by atomic mass is 9.97. The maximum Gasteiger partial charge on any atom is 0.256 e. The van der Waals surface area contributed by atoms with Crippen LogP contribution < -0.4 is 4.74 Å². The van der Waals surface area contributed by atoms with Crippen LogP contribution >= 0.6 is 0 Å². The monoisotopic (exact) mass is 497 g/mol. The summed E-state index contributed by atoms with van der Waals surface area (Å²) in [4.78, 5) is 35.7.